The number of carbonyl (C=O) groups is 1. The molecule has 1 N–H and O–H groups in total. The van der Waals surface area contributed by atoms with Crippen LogP contribution < -0.4 is 0 Å². The number of carbonyl (C=O) groups excluding carboxylic acids is 1. The summed E-state index contributed by atoms with van der Waals surface area (Å²) in [5, 5.41) is 20.7. The van der Waals surface area contributed by atoms with Crippen LogP contribution in [0.2, 0.25) is 0 Å². The zero-order chi connectivity index (χ0) is 18.1. The molecule has 0 aliphatic carbocycles. The number of nitro groups is 1. The molecule has 0 bridgehead atoms. The number of alkyl halides is 1. The van der Waals surface area contributed by atoms with E-state index in [-0.39, 0.29) is 24.6 Å². The van der Waals surface area contributed by atoms with Crippen LogP contribution in [-0.4, -0.2) is 39.5 Å². The van der Waals surface area contributed by atoms with Crippen LogP contribution in [0.1, 0.15) is 18.9 Å². The topological polar surface area (TPSA) is 103 Å². The molecule has 0 radical (unpaired) electrons. The molecule has 0 saturated carbocycles. The highest BCUT2D eigenvalue weighted by Crippen LogP contribution is 2.27. The number of nitrogens with one attached hydrogen (secondary N) is 1. The summed E-state index contributed by atoms with van der Waals surface area (Å²) in [7, 11) is 0. The molecule has 1 fully saturated rings. The van der Waals surface area contributed by atoms with Gasteiger partial charge in [0.1, 0.15) is 12.2 Å². The van der Waals surface area contributed by atoms with E-state index in [1.165, 1.54) is 17.0 Å². The van der Waals surface area contributed by atoms with Gasteiger partial charge in [-0.05, 0) is 18.1 Å². The van der Waals surface area contributed by atoms with Crippen LogP contribution in [0.4, 0.5) is 10.1 Å². The molecular weight excluding hydrogens is 327 g/mol. The largest absolute Gasteiger partial charge is 0.361 e. The number of non-ortho nitro benzene ring substituents is 1. The fraction of sp³-hybridized carbons (Fsp3) is 0.412. The quantitative estimate of drug-likeness (QED) is 0.680. The summed E-state index contributed by atoms with van der Waals surface area (Å²) in [5.41, 5.74) is 1.51. The third-order valence-corrected chi connectivity index (χ3v) is 4.59. The second kappa shape index (κ2) is 6.51. The Labute approximate surface area is 143 Å². The third-order valence-electron chi connectivity index (χ3n) is 4.59. The Morgan fingerprint density at radius 1 is 1.60 bits per heavy atom. The van der Waals surface area contributed by atoms with E-state index in [0.29, 0.717) is 11.8 Å². The lowest BCUT2D eigenvalue weighted by molar-refractivity contribution is -0.384. The summed E-state index contributed by atoms with van der Waals surface area (Å²) in [6, 6.07) is 5.77. The number of rotatable bonds is 4. The molecule has 2 aromatic rings. The molecule has 1 saturated heterocycles. The van der Waals surface area contributed by atoms with Crippen LogP contribution in [0.25, 0.3) is 10.9 Å². The number of halogens is 1. The van der Waals surface area contributed by atoms with Crippen molar-refractivity contribution in [1.82, 2.24) is 9.88 Å². The molecule has 1 aliphatic rings. The van der Waals surface area contributed by atoms with Crippen molar-refractivity contribution in [3.8, 4) is 6.07 Å². The minimum Gasteiger partial charge on any atom is -0.361 e. The van der Waals surface area contributed by atoms with Gasteiger partial charge in [0, 0.05) is 41.6 Å². The third kappa shape index (κ3) is 3.18. The van der Waals surface area contributed by atoms with Crippen molar-refractivity contribution in [3.63, 3.8) is 0 Å². The number of nitrogens with zero attached hydrogens (tertiary/aromatic N) is 3. The molecule has 0 spiro atoms. The van der Waals surface area contributed by atoms with Crippen molar-refractivity contribution in [2.75, 3.05) is 6.54 Å². The van der Waals surface area contributed by atoms with Gasteiger partial charge in [0.25, 0.3) is 5.69 Å². The van der Waals surface area contributed by atoms with Gasteiger partial charge in [-0.2, -0.15) is 5.26 Å². The molecule has 1 amide bonds. The number of nitriles is 1. The molecule has 25 heavy (non-hydrogen) atoms. The molecule has 2 heterocycles. The molecular formula is C17H17FN4O3. The number of likely N-dealkylation sites (tertiary alicyclic amines) is 1. The zero-order valence-electron chi connectivity index (χ0n) is 13.6. The zero-order valence-corrected chi connectivity index (χ0v) is 13.6. The van der Waals surface area contributed by atoms with E-state index in [1.54, 1.807) is 19.2 Å². The van der Waals surface area contributed by atoms with E-state index in [9.17, 15) is 19.3 Å². The molecule has 1 aromatic carbocycles. The van der Waals surface area contributed by atoms with Crippen molar-refractivity contribution in [1.29, 1.82) is 5.26 Å². The number of hydrogen-bond acceptors (Lipinski definition) is 4. The van der Waals surface area contributed by atoms with E-state index in [1.807, 2.05) is 6.07 Å². The predicted molar refractivity (Wildman–Crippen MR) is 88.4 cm³/mol. The molecule has 8 heteroatoms. The first kappa shape index (κ1) is 16.9. The van der Waals surface area contributed by atoms with E-state index in [4.69, 9.17) is 5.26 Å². The highest BCUT2D eigenvalue weighted by atomic mass is 19.1. The average molecular weight is 344 g/mol. The van der Waals surface area contributed by atoms with Crippen LogP contribution in [0.5, 0.6) is 0 Å². The normalized spacial score (nSPS) is 21.2. The van der Waals surface area contributed by atoms with E-state index < -0.39 is 23.1 Å². The van der Waals surface area contributed by atoms with Gasteiger partial charge in [0.05, 0.1) is 17.5 Å². The summed E-state index contributed by atoms with van der Waals surface area (Å²) in [4.78, 5) is 27.4. The Hall–Kier alpha value is -2.95. The van der Waals surface area contributed by atoms with E-state index >= 15 is 0 Å². The van der Waals surface area contributed by atoms with Crippen molar-refractivity contribution in [3.05, 3.63) is 40.1 Å². The van der Waals surface area contributed by atoms with Gasteiger partial charge in [0.15, 0.2) is 0 Å². The number of H-pyrrole nitrogens is 1. The lowest BCUT2D eigenvalue weighted by Crippen LogP contribution is -2.39. The molecule has 1 aliphatic heterocycles. The number of aromatic amines is 1. The second-order valence-electron chi connectivity index (χ2n) is 6.37. The predicted octanol–water partition coefficient (Wildman–Crippen LogP) is 2.72. The molecule has 3 atom stereocenters. The summed E-state index contributed by atoms with van der Waals surface area (Å²) in [5.74, 6) is -0.731. The minimum atomic E-state index is -1.17. The van der Waals surface area contributed by atoms with Gasteiger partial charge in [-0.3, -0.25) is 14.9 Å². The summed E-state index contributed by atoms with van der Waals surface area (Å²) < 4.78 is 13.5. The Bertz CT molecular complexity index is 872. The number of amides is 1. The number of nitro benzene ring substituents is 1. The Morgan fingerprint density at radius 3 is 3.04 bits per heavy atom. The van der Waals surface area contributed by atoms with Gasteiger partial charge < -0.3 is 9.88 Å². The smallest absolute Gasteiger partial charge is 0.270 e. The van der Waals surface area contributed by atoms with Gasteiger partial charge in [-0.15, -0.1) is 0 Å². The Kier molecular flexibility index (Phi) is 4.40. The molecule has 130 valence electrons. The van der Waals surface area contributed by atoms with Crippen molar-refractivity contribution < 1.29 is 14.1 Å². The SMILES string of the molecule is CC(Cc1c[nH]c2ccc([N+](=O)[O-])cc12)C(=O)N1CC(F)CC1C#N. The number of benzene rings is 1. The van der Waals surface area contributed by atoms with Crippen molar-refractivity contribution >= 4 is 22.5 Å². The highest BCUT2D eigenvalue weighted by molar-refractivity contribution is 5.86. The maximum atomic E-state index is 13.5. The molecule has 3 unspecified atom stereocenters. The first-order valence-corrected chi connectivity index (χ1v) is 7.99. The van der Waals surface area contributed by atoms with Crippen molar-refractivity contribution in [2.45, 2.75) is 32.0 Å². The van der Waals surface area contributed by atoms with Gasteiger partial charge in [0.2, 0.25) is 5.91 Å². The molecule has 1 aromatic heterocycles. The first-order valence-electron chi connectivity index (χ1n) is 7.99. The molecule has 7 nitrogen and oxygen atoms in total. The monoisotopic (exact) mass is 344 g/mol. The highest BCUT2D eigenvalue weighted by Gasteiger charge is 2.37. The second-order valence-corrected chi connectivity index (χ2v) is 6.37. The Morgan fingerprint density at radius 2 is 2.36 bits per heavy atom. The summed E-state index contributed by atoms with van der Waals surface area (Å²) in [6.45, 7) is 1.67. The van der Waals surface area contributed by atoms with E-state index in [0.717, 1.165) is 11.1 Å². The van der Waals surface area contributed by atoms with Gasteiger partial charge >= 0.3 is 0 Å². The fourth-order valence-corrected chi connectivity index (χ4v) is 3.30. The summed E-state index contributed by atoms with van der Waals surface area (Å²) in [6.07, 6.45) is 0.957. The fourth-order valence-electron chi connectivity index (χ4n) is 3.30. The first-order chi connectivity index (χ1) is 11.9. The summed E-state index contributed by atoms with van der Waals surface area (Å²) >= 11 is 0. The number of hydrogen-bond donors (Lipinski definition) is 1. The Balaban J connectivity index is 1.81. The van der Waals surface area contributed by atoms with Crippen LogP contribution in [-0.2, 0) is 11.2 Å². The average Bonchev–Trinajstić information content (AvgIpc) is 3.16. The van der Waals surface area contributed by atoms with Gasteiger partial charge in [-0.1, -0.05) is 6.92 Å². The number of aromatic nitrogens is 1. The van der Waals surface area contributed by atoms with Crippen LogP contribution >= 0.6 is 0 Å². The van der Waals surface area contributed by atoms with Crippen LogP contribution in [0, 0.1) is 27.4 Å². The lowest BCUT2D eigenvalue weighted by atomic mass is 9.99. The van der Waals surface area contributed by atoms with Crippen LogP contribution in [0.3, 0.4) is 0 Å². The van der Waals surface area contributed by atoms with Crippen LogP contribution in [0.15, 0.2) is 24.4 Å². The minimum absolute atomic E-state index is 0.0170. The van der Waals surface area contributed by atoms with E-state index in [2.05, 4.69) is 4.98 Å². The maximum absolute atomic E-state index is 13.5. The van der Waals surface area contributed by atoms with Crippen molar-refractivity contribution in [2.24, 2.45) is 5.92 Å². The van der Waals surface area contributed by atoms with Gasteiger partial charge in [-0.25, -0.2) is 4.39 Å². The molecule has 3 rings (SSSR count). The maximum Gasteiger partial charge on any atom is 0.270 e. The lowest BCUT2D eigenvalue weighted by Gasteiger charge is -2.23. The number of fused-ring (bicyclic) bond motifs is 1. The standard InChI is InChI=1S/C17H17FN4O3/c1-10(17(23)21-9-12(18)5-14(21)7-19)4-11-8-20-16-3-2-13(22(24)25)6-15(11)16/h2-3,6,8,10,12,14,20H,4-5,9H2,1H3.